The minimum Gasteiger partial charge on any atom is -0.493 e. The van der Waals surface area contributed by atoms with Gasteiger partial charge in [0.15, 0.2) is 23.0 Å². The Bertz CT molecular complexity index is 975. The first-order valence-corrected chi connectivity index (χ1v) is 10.6. The van der Waals surface area contributed by atoms with Crippen LogP contribution in [0.1, 0.15) is 35.8 Å². The number of piperidine rings is 1. The summed E-state index contributed by atoms with van der Waals surface area (Å²) in [5.41, 5.74) is 4.49. The van der Waals surface area contributed by atoms with Gasteiger partial charge in [0.1, 0.15) is 0 Å². The molecule has 6 heteroatoms. The summed E-state index contributed by atoms with van der Waals surface area (Å²) in [5, 5.41) is 11.5. The molecule has 2 aromatic rings. The Morgan fingerprint density at radius 2 is 1.33 bits per heavy atom. The molecule has 160 valence electrons. The summed E-state index contributed by atoms with van der Waals surface area (Å²) >= 11 is 0. The van der Waals surface area contributed by atoms with Crippen LogP contribution in [0.3, 0.4) is 0 Å². The maximum absolute atomic E-state index is 11.5. The summed E-state index contributed by atoms with van der Waals surface area (Å²) < 4.78 is 22.4. The van der Waals surface area contributed by atoms with Crippen molar-refractivity contribution in [2.24, 2.45) is 0 Å². The monoisotopic (exact) mass is 411 g/mol. The molecule has 5 rings (SSSR count). The van der Waals surface area contributed by atoms with Crippen molar-refractivity contribution in [3.8, 4) is 34.1 Å². The summed E-state index contributed by atoms with van der Waals surface area (Å²) in [6, 6.07) is 8.45. The second kappa shape index (κ2) is 7.36. The smallest absolute Gasteiger partial charge is 0.161 e. The molecule has 0 amide bonds. The summed E-state index contributed by atoms with van der Waals surface area (Å²) in [4.78, 5) is 2.46. The van der Waals surface area contributed by atoms with Crippen molar-refractivity contribution in [2.75, 3.05) is 41.5 Å². The number of hydrogen-bond acceptors (Lipinski definition) is 6. The van der Waals surface area contributed by atoms with E-state index in [-0.39, 0.29) is 17.9 Å². The highest BCUT2D eigenvalue weighted by Gasteiger charge is 2.49. The molecule has 0 radical (unpaired) electrons. The molecule has 2 heterocycles. The van der Waals surface area contributed by atoms with Gasteiger partial charge in [-0.2, -0.15) is 0 Å². The Morgan fingerprint density at radius 3 is 1.93 bits per heavy atom. The molecule has 30 heavy (non-hydrogen) atoms. The maximum atomic E-state index is 11.5. The van der Waals surface area contributed by atoms with Gasteiger partial charge < -0.3 is 24.1 Å². The van der Waals surface area contributed by atoms with E-state index in [2.05, 4.69) is 23.1 Å². The molecule has 0 spiro atoms. The maximum Gasteiger partial charge on any atom is 0.161 e. The normalized spacial score (nSPS) is 26.8. The van der Waals surface area contributed by atoms with Gasteiger partial charge in [-0.05, 0) is 65.9 Å². The molecule has 2 fully saturated rings. The van der Waals surface area contributed by atoms with E-state index in [0.29, 0.717) is 17.2 Å². The summed E-state index contributed by atoms with van der Waals surface area (Å²) in [7, 11) is 6.63. The molecule has 2 aliphatic heterocycles. The number of aliphatic hydroxyl groups is 1. The second-order valence-corrected chi connectivity index (χ2v) is 8.42. The number of nitrogens with zero attached hydrogens (tertiary/aromatic N) is 1. The minimum atomic E-state index is -0.427. The molecule has 0 aromatic heterocycles. The second-order valence-electron chi connectivity index (χ2n) is 8.42. The topological polar surface area (TPSA) is 60.4 Å². The molecule has 3 aliphatic rings. The van der Waals surface area contributed by atoms with Gasteiger partial charge in [0, 0.05) is 24.4 Å². The quantitative estimate of drug-likeness (QED) is 0.832. The van der Waals surface area contributed by atoms with Gasteiger partial charge in [-0.25, -0.2) is 0 Å². The lowest BCUT2D eigenvalue weighted by atomic mass is 9.65. The van der Waals surface area contributed by atoms with Crippen LogP contribution in [0, 0.1) is 0 Å². The van der Waals surface area contributed by atoms with E-state index in [0.717, 1.165) is 48.4 Å². The fraction of sp³-hybridized carbons (Fsp3) is 0.500. The van der Waals surface area contributed by atoms with E-state index in [9.17, 15) is 5.11 Å². The molecule has 1 N–H and O–H groups in total. The Morgan fingerprint density at radius 1 is 0.800 bits per heavy atom. The highest BCUT2D eigenvalue weighted by Crippen LogP contribution is 2.56. The number of rotatable bonds is 4. The van der Waals surface area contributed by atoms with Crippen molar-refractivity contribution in [1.29, 1.82) is 0 Å². The van der Waals surface area contributed by atoms with Crippen LogP contribution in [0.25, 0.3) is 11.1 Å². The molecule has 4 unspecified atom stereocenters. The Kier molecular flexibility index (Phi) is 4.79. The molecule has 2 aromatic carbocycles. The van der Waals surface area contributed by atoms with E-state index in [1.165, 1.54) is 5.56 Å². The zero-order chi connectivity index (χ0) is 21.0. The van der Waals surface area contributed by atoms with Crippen LogP contribution in [-0.4, -0.2) is 63.7 Å². The first kappa shape index (κ1) is 19.5. The first-order valence-electron chi connectivity index (χ1n) is 10.6. The third-order valence-electron chi connectivity index (χ3n) is 7.20. The highest BCUT2D eigenvalue weighted by atomic mass is 16.5. The van der Waals surface area contributed by atoms with Crippen molar-refractivity contribution in [1.82, 2.24) is 4.90 Å². The number of fused-ring (bicyclic) bond motifs is 7. The van der Waals surface area contributed by atoms with Crippen molar-refractivity contribution in [3.05, 3.63) is 35.4 Å². The SMILES string of the molecule is COc1cc2c(cc1OC)C1CN3CCCC3C(O)C1c1cc(OC)c(OC)cc1-2. The van der Waals surface area contributed by atoms with Crippen molar-refractivity contribution < 1.29 is 24.1 Å². The zero-order valence-electron chi connectivity index (χ0n) is 18.0. The van der Waals surface area contributed by atoms with Gasteiger partial charge in [-0.1, -0.05) is 0 Å². The summed E-state index contributed by atoms with van der Waals surface area (Å²) in [6.45, 7) is 1.98. The molecular formula is C24H29NO5. The van der Waals surface area contributed by atoms with E-state index in [1.54, 1.807) is 28.4 Å². The average molecular weight is 411 g/mol. The molecule has 0 saturated carbocycles. The van der Waals surface area contributed by atoms with E-state index in [1.807, 2.05) is 6.07 Å². The van der Waals surface area contributed by atoms with Gasteiger partial charge in [0.2, 0.25) is 0 Å². The Hall–Kier alpha value is -2.44. The molecule has 2 saturated heterocycles. The largest absolute Gasteiger partial charge is 0.493 e. The number of hydrogen-bond donors (Lipinski definition) is 1. The third-order valence-corrected chi connectivity index (χ3v) is 7.20. The molecule has 4 atom stereocenters. The number of ether oxygens (including phenoxy) is 4. The van der Waals surface area contributed by atoms with Crippen molar-refractivity contribution >= 4 is 0 Å². The lowest BCUT2D eigenvalue weighted by molar-refractivity contribution is 0.00400. The van der Waals surface area contributed by atoms with Gasteiger partial charge in [-0.15, -0.1) is 0 Å². The lowest BCUT2D eigenvalue weighted by Gasteiger charge is -2.48. The molecule has 1 aliphatic carbocycles. The summed E-state index contributed by atoms with van der Waals surface area (Å²) in [5.74, 6) is 2.98. The van der Waals surface area contributed by atoms with Crippen LogP contribution < -0.4 is 18.9 Å². The van der Waals surface area contributed by atoms with Crippen LogP contribution in [0.15, 0.2) is 24.3 Å². The predicted octanol–water partition coefficient (Wildman–Crippen LogP) is 3.41. The zero-order valence-corrected chi connectivity index (χ0v) is 18.0. The van der Waals surface area contributed by atoms with E-state index in [4.69, 9.17) is 18.9 Å². The van der Waals surface area contributed by atoms with Crippen LogP contribution >= 0.6 is 0 Å². The fourth-order valence-electron chi connectivity index (χ4n) is 5.84. The Labute approximate surface area is 177 Å². The van der Waals surface area contributed by atoms with Crippen LogP contribution in [-0.2, 0) is 0 Å². The molecule has 6 nitrogen and oxygen atoms in total. The van der Waals surface area contributed by atoms with Gasteiger partial charge in [0.05, 0.1) is 34.5 Å². The molecule has 0 bridgehead atoms. The van der Waals surface area contributed by atoms with Gasteiger partial charge in [0.25, 0.3) is 0 Å². The van der Waals surface area contributed by atoms with Crippen LogP contribution in [0.5, 0.6) is 23.0 Å². The average Bonchev–Trinajstić information content (AvgIpc) is 3.26. The highest BCUT2D eigenvalue weighted by molar-refractivity contribution is 5.80. The van der Waals surface area contributed by atoms with Crippen LogP contribution in [0.4, 0.5) is 0 Å². The summed E-state index contributed by atoms with van der Waals surface area (Å²) in [6.07, 6.45) is 1.76. The predicted molar refractivity (Wildman–Crippen MR) is 114 cm³/mol. The van der Waals surface area contributed by atoms with Crippen molar-refractivity contribution in [3.63, 3.8) is 0 Å². The molecular weight excluding hydrogens is 382 g/mol. The minimum absolute atomic E-state index is 0.00440. The lowest BCUT2D eigenvalue weighted by Crippen LogP contribution is -2.52. The standard InChI is InChI=1S/C24H29NO5/c1-27-19-8-13-14-9-20(28-2)22(30-4)11-16(14)23-17(15(13)10-21(19)29-3)12-25-7-5-6-18(25)24(23)26/h8-11,17-18,23-24,26H,5-7,12H2,1-4H3. The van der Waals surface area contributed by atoms with Crippen LogP contribution in [0.2, 0.25) is 0 Å². The number of aliphatic hydroxyl groups excluding tert-OH is 1. The number of methoxy groups -OCH3 is 4. The van der Waals surface area contributed by atoms with E-state index < -0.39 is 6.10 Å². The van der Waals surface area contributed by atoms with Crippen molar-refractivity contribution in [2.45, 2.75) is 36.8 Å². The number of benzene rings is 2. The van der Waals surface area contributed by atoms with Gasteiger partial charge in [-0.3, -0.25) is 4.90 Å². The van der Waals surface area contributed by atoms with Gasteiger partial charge >= 0.3 is 0 Å². The van der Waals surface area contributed by atoms with E-state index >= 15 is 0 Å². The fourth-order valence-corrected chi connectivity index (χ4v) is 5.84. The first-order chi connectivity index (χ1) is 14.6. The Balaban J connectivity index is 1.77. The third kappa shape index (κ3) is 2.70.